The average molecular weight is 490 g/mol. The van der Waals surface area contributed by atoms with Crippen LogP contribution in [0.1, 0.15) is 13.3 Å². The molecule has 3 aromatic rings. The number of thioether (sulfide) groups is 1. The number of amides is 1. The van der Waals surface area contributed by atoms with Gasteiger partial charge >= 0.3 is 0 Å². The van der Waals surface area contributed by atoms with Crippen molar-refractivity contribution in [3.05, 3.63) is 53.3 Å². The van der Waals surface area contributed by atoms with Gasteiger partial charge < -0.3 is 14.2 Å². The molecule has 3 rings (SSSR count). The maximum atomic E-state index is 12.5. The third-order valence-electron chi connectivity index (χ3n) is 4.36. The van der Waals surface area contributed by atoms with E-state index in [0.29, 0.717) is 18.9 Å². The largest absolute Gasteiger partial charge is 0.492 e. The topological polar surface area (TPSA) is 73.1 Å². The summed E-state index contributed by atoms with van der Waals surface area (Å²) in [5.41, 5.74) is 0.964. The number of hydrogen-bond acceptors (Lipinski definition) is 6. The van der Waals surface area contributed by atoms with Crippen LogP contribution in [-0.2, 0) is 11.3 Å². The highest BCUT2D eigenvalue weighted by atomic mass is 79.9. The number of likely N-dealkylation sites (N-methyl/N-ethyl adjacent to an activating group) is 1. The molecule has 158 valence electrons. The summed E-state index contributed by atoms with van der Waals surface area (Å²) in [6.45, 7) is 3.85. The van der Waals surface area contributed by atoms with Gasteiger partial charge in [0, 0.05) is 36.0 Å². The van der Waals surface area contributed by atoms with Crippen molar-refractivity contribution in [1.29, 1.82) is 0 Å². The lowest BCUT2D eigenvalue weighted by Crippen LogP contribution is -2.32. The van der Waals surface area contributed by atoms with E-state index in [1.54, 1.807) is 24.3 Å². The molecule has 7 nitrogen and oxygen atoms in total. The molecule has 0 radical (unpaired) electrons. The van der Waals surface area contributed by atoms with Crippen LogP contribution >= 0.6 is 27.7 Å². The summed E-state index contributed by atoms with van der Waals surface area (Å²) in [7, 11) is 1.78. The van der Waals surface area contributed by atoms with Crippen LogP contribution in [0, 0.1) is 0 Å². The number of aromatic nitrogens is 4. The van der Waals surface area contributed by atoms with Gasteiger partial charge in [-0.3, -0.25) is 9.78 Å². The van der Waals surface area contributed by atoms with Crippen molar-refractivity contribution in [3.63, 3.8) is 0 Å². The molecule has 30 heavy (non-hydrogen) atoms. The van der Waals surface area contributed by atoms with E-state index in [4.69, 9.17) is 4.74 Å². The number of halogens is 1. The van der Waals surface area contributed by atoms with Crippen molar-refractivity contribution in [3.8, 4) is 17.1 Å². The molecule has 0 spiro atoms. The standard InChI is InChI=1S/C21H24BrN5O2S/c1-3-12-27-20(16-8-10-23-11-9-16)24-25-21(27)30-15-19(28)26(2)13-14-29-18-6-4-17(22)5-7-18/h4-11H,3,12-15H2,1-2H3. The second-order valence-electron chi connectivity index (χ2n) is 6.60. The second-order valence-corrected chi connectivity index (χ2v) is 8.46. The summed E-state index contributed by atoms with van der Waals surface area (Å²) in [5, 5.41) is 9.39. The zero-order valence-corrected chi connectivity index (χ0v) is 19.4. The summed E-state index contributed by atoms with van der Waals surface area (Å²) in [6.07, 6.45) is 4.43. The molecule has 0 aliphatic rings. The Morgan fingerprint density at radius 1 is 1.17 bits per heavy atom. The summed E-state index contributed by atoms with van der Waals surface area (Å²) in [5.74, 6) is 1.90. The first-order chi connectivity index (χ1) is 14.6. The zero-order chi connectivity index (χ0) is 21.3. The maximum absolute atomic E-state index is 12.5. The van der Waals surface area contributed by atoms with E-state index in [2.05, 4.69) is 42.6 Å². The molecule has 0 N–H and O–H groups in total. The summed E-state index contributed by atoms with van der Waals surface area (Å²) in [6, 6.07) is 11.5. The number of hydrogen-bond donors (Lipinski definition) is 0. The van der Waals surface area contributed by atoms with Crippen molar-refractivity contribution < 1.29 is 9.53 Å². The van der Waals surface area contributed by atoms with E-state index in [0.717, 1.165) is 39.7 Å². The number of nitrogens with zero attached hydrogens (tertiary/aromatic N) is 5. The van der Waals surface area contributed by atoms with E-state index in [-0.39, 0.29) is 5.91 Å². The minimum absolute atomic E-state index is 0.0240. The van der Waals surface area contributed by atoms with Gasteiger partial charge in [0.25, 0.3) is 0 Å². The highest BCUT2D eigenvalue weighted by Gasteiger charge is 2.16. The minimum atomic E-state index is 0.0240. The molecule has 2 heterocycles. The lowest BCUT2D eigenvalue weighted by atomic mass is 10.2. The molecular weight excluding hydrogens is 466 g/mol. The third-order valence-corrected chi connectivity index (χ3v) is 5.84. The van der Waals surface area contributed by atoms with E-state index < -0.39 is 0 Å². The van der Waals surface area contributed by atoms with Crippen molar-refractivity contribution in [2.45, 2.75) is 25.0 Å². The first kappa shape index (κ1) is 22.3. The van der Waals surface area contributed by atoms with E-state index >= 15 is 0 Å². The van der Waals surface area contributed by atoms with Crippen LogP contribution in [0.15, 0.2) is 58.4 Å². The Kier molecular flexibility index (Phi) is 8.27. The summed E-state index contributed by atoms with van der Waals surface area (Å²) >= 11 is 4.80. The van der Waals surface area contributed by atoms with Gasteiger partial charge in [-0.1, -0.05) is 34.6 Å². The van der Waals surface area contributed by atoms with E-state index in [1.807, 2.05) is 36.4 Å². The van der Waals surface area contributed by atoms with Gasteiger partial charge in [0.05, 0.1) is 12.3 Å². The summed E-state index contributed by atoms with van der Waals surface area (Å²) < 4.78 is 8.76. The van der Waals surface area contributed by atoms with Gasteiger partial charge in [-0.05, 0) is 42.8 Å². The normalized spacial score (nSPS) is 10.8. The van der Waals surface area contributed by atoms with E-state index in [9.17, 15) is 4.79 Å². The van der Waals surface area contributed by atoms with Crippen LogP contribution in [0.25, 0.3) is 11.4 Å². The number of ether oxygens (including phenoxy) is 1. The number of carbonyl (C=O) groups is 1. The molecule has 9 heteroatoms. The third kappa shape index (κ3) is 6.06. The SMILES string of the molecule is CCCn1c(SCC(=O)N(C)CCOc2ccc(Br)cc2)nnc1-c1ccncc1. The van der Waals surface area contributed by atoms with Gasteiger partial charge in [-0.2, -0.15) is 0 Å². The van der Waals surface area contributed by atoms with Gasteiger partial charge in [-0.25, -0.2) is 0 Å². The fraction of sp³-hybridized carbons (Fsp3) is 0.333. The molecular formula is C21H24BrN5O2S. The van der Waals surface area contributed by atoms with Gasteiger partial charge in [0.1, 0.15) is 12.4 Å². The molecule has 0 unspecified atom stereocenters. The van der Waals surface area contributed by atoms with Gasteiger partial charge in [0.15, 0.2) is 11.0 Å². The van der Waals surface area contributed by atoms with E-state index in [1.165, 1.54) is 11.8 Å². The van der Waals surface area contributed by atoms with Crippen molar-refractivity contribution >= 4 is 33.6 Å². The predicted molar refractivity (Wildman–Crippen MR) is 122 cm³/mol. The quantitative estimate of drug-likeness (QED) is 0.398. The number of carbonyl (C=O) groups excluding carboxylic acids is 1. The number of rotatable bonds is 10. The highest BCUT2D eigenvalue weighted by molar-refractivity contribution is 9.10. The fourth-order valence-electron chi connectivity index (χ4n) is 2.73. The number of benzene rings is 1. The van der Waals surface area contributed by atoms with Gasteiger partial charge in [0.2, 0.25) is 5.91 Å². The smallest absolute Gasteiger partial charge is 0.232 e. The molecule has 0 bridgehead atoms. The Morgan fingerprint density at radius 3 is 2.60 bits per heavy atom. The Labute approximate surface area is 189 Å². The molecule has 1 amide bonds. The van der Waals surface area contributed by atoms with Crippen LogP contribution in [0.2, 0.25) is 0 Å². The highest BCUT2D eigenvalue weighted by Crippen LogP contribution is 2.24. The monoisotopic (exact) mass is 489 g/mol. The fourth-order valence-corrected chi connectivity index (χ4v) is 3.90. The van der Waals surface area contributed by atoms with Crippen LogP contribution < -0.4 is 4.74 Å². The first-order valence-corrected chi connectivity index (χ1v) is 11.4. The number of pyridine rings is 1. The van der Waals surface area contributed by atoms with Crippen molar-refractivity contribution in [1.82, 2.24) is 24.6 Å². The van der Waals surface area contributed by atoms with Crippen LogP contribution in [-0.4, -0.2) is 56.5 Å². The van der Waals surface area contributed by atoms with Crippen molar-refractivity contribution in [2.75, 3.05) is 26.0 Å². The molecule has 0 saturated heterocycles. The molecule has 0 saturated carbocycles. The molecule has 0 aliphatic carbocycles. The second kappa shape index (κ2) is 11.1. The summed E-state index contributed by atoms with van der Waals surface area (Å²) in [4.78, 5) is 18.3. The van der Waals surface area contributed by atoms with Crippen LogP contribution in [0.4, 0.5) is 0 Å². The molecule has 0 aliphatic heterocycles. The van der Waals surface area contributed by atoms with Crippen LogP contribution in [0.5, 0.6) is 5.75 Å². The van der Waals surface area contributed by atoms with Crippen LogP contribution in [0.3, 0.4) is 0 Å². The Morgan fingerprint density at radius 2 is 1.90 bits per heavy atom. The Hall–Kier alpha value is -2.39. The lowest BCUT2D eigenvalue weighted by molar-refractivity contribution is -0.127. The predicted octanol–water partition coefficient (Wildman–Crippen LogP) is 4.14. The molecule has 2 aromatic heterocycles. The first-order valence-electron chi connectivity index (χ1n) is 9.67. The molecule has 1 aromatic carbocycles. The van der Waals surface area contributed by atoms with Crippen molar-refractivity contribution in [2.24, 2.45) is 0 Å². The average Bonchev–Trinajstić information content (AvgIpc) is 3.16. The lowest BCUT2D eigenvalue weighted by Gasteiger charge is -2.17. The van der Waals surface area contributed by atoms with Gasteiger partial charge in [-0.15, -0.1) is 10.2 Å². The Balaban J connectivity index is 1.53. The molecule has 0 atom stereocenters. The molecule has 0 fully saturated rings. The minimum Gasteiger partial charge on any atom is -0.492 e. The zero-order valence-electron chi connectivity index (χ0n) is 17.0. The Bertz CT molecular complexity index is 950. The maximum Gasteiger partial charge on any atom is 0.232 e.